The van der Waals surface area contributed by atoms with Crippen LogP contribution < -0.4 is 11.1 Å². The highest BCUT2D eigenvalue weighted by molar-refractivity contribution is 6.34. The summed E-state index contributed by atoms with van der Waals surface area (Å²) in [5.74, 6) is -0.258. The van der Waals surface area contributed by atoms with Crippen LogP contribution >= 0.6 is 11.6 Å². The number of anilines is 1. The highest BCUT2D eigenvalue weighted by Gasteiger charge is 2.17. The van der Waals surface area contributed by atoms with Crippen LogP contribution in [0.25, 0.3) is 0 Å². The Labute approximate surface area is 129 Å². The molecule has 1 aliphatic heterocycles. The lowest BCUT2D eigenvalue weighted by Crippen LogP contribution is -2.37. The van der Waals surface area contributed by atoms with Crippen LogP contribution in [0.2, 0.25) is 5.02 Å². The Kier molecular flexibility index (Phi) is 5.44. The minimum Gasteiger partial charge on any atom is -0.398 e. The van der Waals surface area contributed by atoms with Gasteiger partial charge in [0.2, 0.25) is 5.91 Å². The first-order valence-electron chi connectivity index (χ1n) is 7.19. The fourth-order valence-corrected chi connectivity index (χ4v) is 2.72. The van der Waals surface area contributed by atoms with Gasteiger partial charge in [0.1, 0.15) is 0 Å². The summed E-state index contributed by atoms with van der Waals surface area (Å²) in [5, 5.41) is 3.01. The third-order valence-electron chi connectivity index (χ3n) is 3.61. The molecular formula is C15H20ClN3O2. The monoisotopic (exact) mass is 309 g/mol. The fourth-order valence-electron chi connectivity index (χ4n) is 2.45. The van der Waals surface area contributed by atoms with Crippen LogP contribution in [-0.4, -0.2) is 36.3 Å². The number of nitrogens with one attached hydrogen (secondary N) is 1. The maximum atomic E-state index is 12.0. The van der Waals surface area contributed by atoms with E-state index in [0.717, 1.165) is 25.9 Å². The largest absolute Gasteiger partial charge is 0.398 e. The Morgan fingerprint density at radius 2 is 1.95 bits per heavy atom. The molecule has 1 saturated heterocycles. The average molecular weight is 310 g/mol. The maximum absolute atomic E-state index is 12.0. The highest BCUT2D eigenvalue weighted by Crippen LogP contribution is 2.21. The molecule has 6 heteroatoms. The summed E-state index contributed by atoms with van der Waals surface area (Å²) >= 11 is 5.97. The number of nitrogens with two attached hydrogens (primary N) is 1. The third kappa shape index (κ3) is 4.11. The van der Waals surface area contributed by atoms with Crippen LogP contribution in [0.15, 0.2) is 18.2 Å². The van der Waals surface area contributed by atoms with Crippen molar-refractivity contribution in [1.29, 1.82) is 0 Å². The van der Waals surface area contributed by atoms with E-state index >= 15 is 0 Å². The molecule has 1 fully saturated rings. The molecule has 1 heterocycles. The SMILES string of the molecule is Nc1cccc(Cl)c1C(=O)NCCC(=O)N1CCCCC1. The molecule has 114 valence electrons. The van der Waals surface area contributed by atoms with Crippen molar-refractivity contribution in [1.82, 2.24) is 10.2 Å². The normalized spacial score (nSPS) is 14.8. The van der Waals surface area contributed by atoms with Gasteiger partial charge in [0.05, 0.1) is 10.6 Å². The molecule has 0 aliphatic carbocycles. The predicted octanol–water partition coefficient (Wildman–Crippen LogP) is 2.05. The number of piperidine rings is 1. The standard InChI is InChI=1S/C15H20ClN3O2/c16-11-5-4-6-12(17)14(11)15(21)18-8-7-13(20)19-9-2-1-3-10-19/h4-6H,1-3,7-10,17H2,(H,18,21). The number of rotatable bonds is 4. The minimum absolute atomic E-state index is 0.0853. The molecule has 0 unspecified atom stereocenters. The highest BCUT2D eigenvalue weighted by atomic mass is 35.5. The first-order valence-corrected chi connectivity index (χ1v) is 7.57. The van der Waals surface area contributed by atoms with Gasteiger partial charge in [-0.2, -0.15) is 0 Å². The van der Waals surface area contributed by atoms with Crippen molar-refractivity contribution in [2.24, 2.45) is 0 Å². The number of nitrogens with zero attached hydrogens (tertiary/aromatic N) is 1. The van der Waals surface area contributed by atoms with Crippen molar-refractivity contribution in [3.05, 3.63) is 28.8 Å². The second-order valence-corrected chi connectivity index (χ2v) is 5.56. The summed E-state index contributed by atoms with van der Waals surface area (Å²) in [6.07, 6.45) is 3.62. The topological polar surface area (TPSA) is 75.4 Å². The number of nitrogen functional groups attached to an aromatic ring is 1. The molecule has 5 nitrogen and oxygen atoms in total. The summed E-state index contributed by atoms with van der Waals surface area (Å²) in [5.41, 5.74) is 6.35. The van der Waals surface area contributed by atoms with Gasteiger partial charge in [-0.3, -0.25) is 9.59 Å². The van der Waals surface area contributed by atoms with Crippen LogP contribution in [0, 0.1) is 0 Å². The van der Waals surface area contributed by atoms with E-state index in [1.54, 1.807) is 18.2 Å². The van der Waals surface area contributed by atoms with Crippen molar-refractivity contribution in [3.8, 4) is 0 Å². The maximum Gasteiger partial charge on any atom is 0.254 e. The molecule has 2 amide bonds. The van der Waals surface area contributed by atoms with E-state index in [-0.39, 0.29) is 17.4 Å². The molecule has 2 rings (SSSR count). The molecule has 21 heavy (non-hydrogen) atoms. The first kappa shape index (κ1) is 15.6. The summed E-state index contributed by atoms with van der Waals surface area (Å²) in [4.78, 5) is 25.9. The molecular weight excluding hydrogens is 290 g/mol. The number of halogens is 1. The zero-order chi connectivity index (χ0) is 15.2. The Hall–Kier alpha value is -1.75. The number of amides is 2. The Morgan fingerprint density at radius 1 is 1.24 bits per heavy atom. The number of carbonyl (C=O) groups is 2. The second kappa shape index (κ2) is 7.31. The summed E-state index contributed by atoms with van der Waals surface area (Å²) in [6, 6.07) is 4.93. The Bertz CT molecular complexity index is 507. The summed E-state index contributed by atoms with van der Waals surface area (Å²) < 4.78 is 0. The van der Waals surface area contributed by atoms with Crippen LogP contribution in [0.5, 0.6) is 0 Å². The van der Waals surface area contributed by atoms with Gasteiger partial charge in [0.15, 0.2) is 0 Å². The molecule has 0 spiro atoms. The predicted molar refractivity (Wildman–Crippen MR) is 83.2 cm³/mol. The third-order valence-corrected chi connectivity index (χ3v) is 3.92. The van der Waals surface area contributed by atoms with E-state index in [0.29, 0.717) is 23.7 Å². The number of benzene rings is 1. The van der Waals surface area contributed by atoms with E-state index in [9.17, 15) is 9.59 Å². The van der Waals surface area contributed by atoms with Crippen LogP contribution in [0.3, 0.4) is 0 Å². The molecule has 0 radical (unpaired) electrons. The molecule has 1 aromatic rings. The van der Waals surface area contributed by atoms with Crippen LogP contribution in [0.4, 0.5) is 5.69 Å². The molecule has 0 atom stereocenters. The number of carbonyl (C=O) groups excluding carboxylic acids is 2. The summed E-state index contributed by atoms with van der Waals surface area (Å²) in [6.45, 7) is 1.94. The van der Waals surface area contributed by atoms with Crippen molar-refractivity contribution in [2.45, 2.75) is 25.7 Å². The van der Waals surface area contributed by atoms with E-state index in [1.165, 1.54) is 6.42 Å². The zero-order valence-electron chi connectivity index (χ0n) is 11.9. The summed E-state index contributed by atoms with van der Waals surface area (Å²) in [7, 11) is 0. The minimum atomic E-state index is -0.343. The van der Waals surface area contributed by atoms with Gasteiger partial charge in [0, 0.05) is 31.7 Å². The van der Waals surface area contributed by atoms with E-state index in [2.05, 4.69) is 5.32 Å². The number of likely N-dealkylation sites (tertiary alicyclic amines) is 1. The van der Waals surface area contributed by atoms with Gasteiger partial charge in [-0.25, -0.2) is 0 Å². The van der Waals surface area contributed by atoms with Gasteiger partial charge >= 0.3 is 0 Å². The molecule has 0 aromatic heterocycles. The van der Waals surface area contributed by atoms with Crippen molar-refractivity contribution < 1.29 is 9.59 Å². The first-order chi connectivity index (χ1) is 10.1. The lowest BCUT2D eigenvalue weighted by atomic mass is 10.1. The fraction of sp³-hybridized carbons (Fsp3) is 0.467. The molecule has 1 aliphatic rings. The zero-order valence-corrected chi connectivity index (χ0v) is 12.7. The molecule has 0 bridgehead atoms. The molecule has 3 N–H and O–H groups in total. The quantitative estimate of drug-likeness (QED) is 0.836. The van der Waals surface area contributed by atoms with Gasteiger partial charge in [0.25, 0.3) is 5.91 Å². The van der Waals surface area contributed by atoms with Crippen LogP contribution in [0.1, 0.15) is 36.0 Å². The lowest BCUT2D eigenvalue weighted by Gasteiger charge is -2.26. The van der Waals surface area contributed by atoms with Gasteiger partial charge < -0.3 is 16.0 Å². The average Bonchev–Trinajstić information content (AvgIpc) is 2.48. The van der Waals surface area contributed by atoms with Crippen molar-refractivity contribution >= 4 is 29.1 Å². The number of hydrogen-bond acceptors (Lipinski definition) is 3. The molecule has 1 aromatic carbocycles. The second-order valence-electron chi connectivity index (χ2n) is 5.15. The van der Waals surface area contributed by atoms with Gasteiger partial charge in [-0.15, -0.1) is 0 Å². The van der Waals surface area contributed by atoms with Gasteiger partial charge in [-0.1, -0.05) is 17.7 Å². The van der Waals surface area contributed by atoms with Crippen LogP contribution in [-0.2, 0) is 4.79 Å². The Balaban J connectivity index is 1.83. The smallest absolute Gasteiger partial charge is 0.254 e. The Morgan fingerprint density at radius 3 is 2.62 bits per heavy atom. The molecule has 0 saturated carbocycles. The van der Waals surface area contributed by atoms with E-state index in [1.807, 2.05) is 4.90 Å². The van der Waals surface area contributed by atoms with E-state index in [4.69, 9.17) is 17.3 Å². The number of hydrogen-bond donors (Lipinski definition) is 2. The van der Waals surface area contributed by atoms with Gasteiger partial charge in [-0.05, 0) is 31.4 Å². The van der Waals surface area contributed by atoms with Crippen molar-refractivity contribution in [3.63, 3.8) is 0 Å². The van der Waals surface area contributed by atoms with Crippen molar-refractivity contribution in [2.75, 3.05) is 25.4 Å². The lowest BCUT2D eigenvalue weighted by molar-refractivity contribution is -0.131. The van der Waals surface area contributed by atoms with E-state index < -0.39 is 0 Å².